The summed E-state index contributed by atoms with van der Waals surface area (Å²) in [7, 11) is 0. The molecule has 7 atom stereocenters. The Bertz CT molecular complexity index is 1630. The Morgan fingerprint density at radius 1 is 0.561 bits per heavy atom. The minimum Gasteiger partial charge on any atom is -0.368 e. The zero-order valence-electron chi connectivity index (χ0n) is 35.0. The number of benzene rings is 2. The van der Waals surface area contributed by atoms with Gasteiger partial charge in [-0.05, 0) is 54.1 Å². The van der Waals surface area contributed by atoms with Crippen LogP contribution in [0.15, 0.2) is 60.7 Å². The fourth-order valence-electron chi connectivity index (χ4n) is 6.31. The maximum Gasteiger partial charge on any atom is 0.243 e. The summed E-state index contributed by atoms with van der Waals surface area (Å²) >= 11 is 0. The molecule has 0 spiro atoms. The van der Waals surface area contributed by atoms with Crippen molar-refractivity contribution < 1.29 is 33.6 Å². The van der Waals surface area contributed by atoms with Crippen LogP contribution in [0.2, 0.25) is 0 Å². The van der Waals surface area contributed by atoms with Crippen LogP contribution in [0.25, 0.3) is 0 Å². The number of hydrogen-bond donors (Lipinski definition) is 7. The predicted molar refractivity (Wildman–Crippen MR) is 220 cm³/mol. The normalized spacial score (nSPS) is 15.0. The third kappa shape index (κ3) is 16.5. The predicted octanol–water partition coefficient (Wildman–Crippen LogP) is 2.33. The molecule has 3 unspecified atom stereocenters. The average molecular weight is 792 g/mol. The molecule has 314 valence electrons. The first-order chi connectivity index (χ1) is 26.8. The molecule has 57 heavy (non-hydrogen) atoms. The van der Waals surface area contributed by atoms with Crippen molar-refractivity contribution in [2.75, 3.05) is 6.54 Å². The number of carbonyl (C=O) groups is 7. The van der Waals surface area contributed by atoms with E-state index in [1.54, 1.807) is 27.7 Å². The number of Topliss-reactive ketones (excluding diaryl/α,β-unsaturated/α-hetero) is 1. The van der Waals surface area contributed by atoms with Gasteiger partial charge in [-0.3, -0.25) is 38.9 Å². The second-order valence-electron chi connectivity index (χ2n) is 16.0. The molecular formula is C43H65N7O7. The summed E-state index contributed by atoms with van der Waals surface area (Å²) in [6.45, 7) is 15.6. The number of amides is 6. The third-order valence-electron chi connectivity index (χ3n) is 9.82. The molecule has 0 bridgehead atoms. The molecule has 14 nitrogen and oxygen atoms in total. The third-order valence-corrected chi connectivity index (χ3v) is 9.82. The summed E-state index contributed by atoms with van der Waals surface area (Å²) in [5, 5.41) is 17.0. The van der Waals surface area contributed by atoms with Crippen molar-refractivity contribution in [3.63, 3.8) is 0 Å². The topological polar surface area (TPSA) is 218 Å². The van der Waals surface area contributed by atoms with Gasteiger partial charge in [-0.1, -0.05) is 122 Å². The Labute approximate surface area is 338 Å². The lowest BCUT2D eigenvalue weighted by Crippen LogP contribution is -2.60. The summed E-state index contributed by atoms with van der Waals surface area (Å²) < 4.78 is 0. The second-order valence-corrected chi connectivity index (χ2v) is 16.0. The molecule has 6 amide bonds. The van der Waals surface area contributed by atoms with E-state index in [-0.39, 0.29) is 49.0 Å². The van der Waals surface area contributed by atoms with E-state index in [1.165, 1.54) is 6.92 Å². The number of nitrogens with two attached hydrogens (primary N) is 1. The van der Waals surface area contributed by atoms with Crippen LogP contribution in [0.3, 0.4) is 0 Å². The van der Waals surface area contributed by atoms with Crippen molar-refractivity contribution in [2.24, 2.45) is 29.4 Å². The van der Waals surface area contributed by atoms with Crippen molar-refractivity contribution in [1.82, 2.24) is 31.9 Å². The summed E-state index contributed by atoms with van der Waals surface area (Å²) in [5.74, 6) is -4.51. The van der Waals surface area contributed by atoms with Crippen molar-refractivity contribution in [3.8, 4) is 0 Å². The number of nitrogens with one attached hydrogen (secondary N) is 6. The lowest BCUT2D eigenvalue weighted by atomic mass is 9.95. The largest absolute Gasteiger partial charge is 0.368 e. The first-order valence-electron chi connectivity index (χ1n) is 20.0. The molecule has 14 heteroatoms. The Morgan fingerprint density at radius 2 is 1.02 bits per heavy atom. The molecule has 2 rings (SSSR count). The molecule has 0 aromatic heterocycles. The Morgan fingerprint density at radius 3 is 1.47 bits per heavy atom. The van der Waals surface area contributed by atoms with Crippen LogP contribution in [0.5, 0.6) is 0 Å². The van der Waals surface area contributed by atoms with Gasteiger partial charge in [-0.15, -0.1) is 0 Å². The van der Waals surface area contributed by atoms with Gasteiger partial charge in [-0.25, -0.2) is 0 Å². The van der Waals surface area contributed by atoms with Gasteiger partial charge in [0.05, 0.1) is 18.6 Å². The molecular weight excluding hydrogens is 727 g/mol. The van der Waals surface area contributed by atoms with Crippen molar-refractivity contribution in [3.05, 3.63) is 71.8 Å². The summed E-state index contributed by atoms with van der Waals surface area (Å²) in [6.07, 6.45) is 1.22. The Kier molecular flexibility index (Phi) is 20.1. The van der Waals surface area contributed by atoms with Crippen LogP contribution in [0, 0.1) is 23.7 Å². The first kappa shape index (κ1) is 48.0. The van der Waals surface area contributed by atoms with E-state index in [4.69, 9.17) is 5.73 Å². The van der Waals surface area contributed by atoms with E-state index in [2.05, 4.69) is 31.9 Å². The maximum absolute atomic E-state index is 14.1. The van der Waals surface area contributed by atoms with Gasteiger partial charge in [0.25, 0.3) is 0 Å². The molecule has 0 aliphatic rings. The maximum atomic E-state index is 14.1. The van der Waals surface area contributed by atoms with Gasteiger partial charge in [0.1, 0.15) is 24.2 Å². The molecule has 0 saturated carbocycles. The minimum atomic E-state index is -1.05. The van der Waals surface area contributed by atoms with Crippen LogP contribution >= 0.6 is 0 Å². The van der Waals surface area contributed by atoms with E-state index in [1.807, 2.05) is 88.4 Å². The van der Waals surface area contributed by atoms with E-state index >= 15 is 0 Å². The zero-order valence-corrected chi connectivity index (χ0v) is 35.0. The number of hydrogen-bond acceptors (Lipinski definition) is 8. The molecule has 2 aromatic rings. The molecule has 0 heterocycles. The molecule has 0 radical (unpaired) electrons. The Balaban J connectivity index is 2.39. The van der Waals surface area contributed by atoms with E-state index < -0.39 is 71.6 Å². The van der Waals surface area contributed by atoms with Gasteiger partial charge < -0.3 is 32.3 Å². The molecule has 8 N–H and O–H groups in total. The first-order valence-corrected chi connectivity index (χ1v) is 20.0. The van der Waals surface area contributed by atoms with Gasteiger partial charge in [0, 0.05) is 6.92 Å². The highest BCUT2D eigenvalue weighted by atomic mass is 16.2. The van der Waals surface area contributed by atoms with E-state index in [0.29, 0.717) is 12.8 Å². The lowest BCUT2D eigenvalue weighted by molar-refractivity contribution is -0.134. The number of carbonyl (C=O) groups excluding carboxylic acids is 7. The number of ketones is 1. The van der Waals surface area contributed by atoms with Gasteiger partial charge in [-0.2, -0.15) is 0 Å². The van der Waals surface area contributed by atoms with Gasteiger partial charge >= 0.3 is 0 Å². The van der Waals surface area contributed by atoms with Crippen LogP contribution in [0.4, 0.5) is 0 Å². The number of primary amides is 1. The van der Waals surface area contributed by atoms with Crippen molar-refractivity contribution in [1.29, 1.82) is 0 Å². The quantitative estimate of drug-likeness (QED) is 0.0836. The SMILES string of the molecule is CCC(C)[C@H](NC(=O)C(Cc1ccccc1)NCC(=O)[C@H](Cc1ccccc1)NC(=O)[C@@H](NC(=O)C(CC(C)C)NC(C)=O)C(C)C)C(=O)N[C@H](C(N)=O)C(C)C. The highest BCUT2D eigenvalue weighted by molar-refractivity contribution is 5.96. The average Bonchev–Trinajstić information content (AvgIpc) is 3.15. The summed E-state index contributed by atoms with van der Waals surface area (Å²) in [5.41, 5.74) is 7.13. The molecule has 0 aliphatic heterocycles. The van der Waals surface area contributed by atoms with E-state index in [9.17, 15) is 33.6 Å². The van der Waals surface area contributed by atoms with Crippen LogP contribution in [0.1, 0.15) is 86.3 Å². The summed E-state index contributed by atoms with van der Waals surface area (Å²) in [4.78, 5) is 92.9. The molecule has 0 fully saturated rings. The zero-order chi connectivity index (χ0) is 42.8. The molecule has 0 saturated heterocycles. The van der Waals surface area contributed by atoms with Gasteiger partial charge in [0.2, 0.25) is 35.4 Å². The van der Waals surface area contributed by atoms with E-state index in [0.717, 1.165) is 11.1 Å². The molecule has 2 aromatic carbocycles. The highest BCUT2D eigenvalue weighted by Gasteiger charge is 2.34. The minimum absolute atomic E-state index is 0.0873. The standard InChI is InChI=1S/C43H65N7O7/c1-10-28(8)38(43(57)48-36(26(4)5)39(44)53)50-40(54)33(23-31-19-15-12-16-20-31)45-24-35(52)32(22-30-17-13-11-14-18-30)47-42(56)37(27(6)7)49-41(55)34(21-25(2)3)46-29(9)51/h11-20,25-28,32-34,36-38,45H,10,21-24H2,1-9H3,(H2,44,53)(H,46,51)(H,47,56)(H,48,57)(H,49,55)(H,50,54)/t28?,32-,33?,34?,36-,37-,38-/m0/s1. The smallest absolute Gasteiger partial charge is 0.243 e. The second kappa shape index (κ2) is 23.8. The number of rotatable bonds is 24. The van der Waals surface area contributed by atoms with Crippen LogP contribution < -0.4 is 37.6 Å². The highest BCUT2D eigenvalue weighted by Crippen LogP contribution is 2.13. The fourth-order valence-corrected chi connectivity index (χ4v) is 6.31. The fraction of sp³-hybridized carbons (Fsp3) is 0.558. The van der Waals surface area contributed by atoms with Crippen molar-refractivity contribution >= 4 is 41.2 Å². The van der Waals surface area contributed by atoms with Crippen LogP contribution in [-0.2, 0) is 46.4 Å². The van der Waals surface area contributed by atoms with Crippen molar-refractivity contribution in [2.45, 2.75) is 124 Å². The Hall–Kier alpha value is -5.11. The molecule has 0 aliphatic carbocycles. The summed E-state index contributed by atoms with van der Waals surface area (Å²) in [6, 6.07) is 12.5. The van der Waals surface area contributed by atoms with Gasteiger partial charge in [0.15, 0.2) is 5.78 Å². The lowest BCUT2D eigenvalue weighted by Gasteiger charge is -2.29. The monoisotopic (exact) mass is 791 g/mol. The van der Waals surface area contributed by atoms with Crippen LogP contribution in [-0.4, -0.2) is 84.0 Å².